The molecule has 0 saturated heterocycles. The highest BCUT2D eigenvalue weighted by atomic mass is 32.2. The van der Waals surface area contributed by atoms with Gasteiger partial charge in [0.05, 0.1) is 0 Å². The molecule has 6 nitrogen and oxygen atoms in total. The average molecular weight is 334 g/mol. The van der Waals surface area contributed by atoms with Crippen LogP contribution in [0.1, 0.15) is 20.7 Å². The van der Waals surface area contributed by atoms with E-state index in [0.29, 0.717) is 0 Å². The Hall–Kier alpha value is -2.45. The number of hydrogen-bond donors (Lipinski definition) is 2. The summed E-state index contributed by atoms with van der Waals surface area (Å²) in [4.78, 5) is 24.6. The molecule has 3 rings (SSSR count). The fourth-order valence-electron chi connectivity index (χ4n) is 2.10. The summed E-state index contributed by atoms with van der Waals surface area (Å²) in [5.74, 6) is -1.19. The summed E-state index contributed by atoms with van der Waals surface area (Å²) < 4.78 is 26.6. The minimum Gasteiger partial charge on any atom is -0.394 e. The first-order chi connectivity index (χ1) is 10.4. The number of fused-ring (bicyclic) bond motifs is 1. The van der Waals surface area contributed by atoms with Crippen molar-refractivity contribution in [2.75, 3.05) is 0 Å². The normalized spacial score (nSPS) is 14.9. The molecule has 1 heterocycles. The lowest BCUT2D eigenvalue weighted by atomic mass is 9.91. The zero-order valence-corrected chi connectivity index (χ0v) is 12.7. The van der Waals surface area contributed by atoms with Gasteiger partial charge in [0, 0.05) is 11.1 Å². The molecule has 0 spiro atoms. The zero-order chi connectivity index (χ0) is 15.9. The number of benzene rings is 1. The second-order valence-electron chi connectivity index (χ2n) is 4.53. The summed E-state index contributed by atoms with van der Waals surface area (Å²) in [7, 11) is -3.95. The van der Waals surface area contributed by atoms with Crippen LogP contribution in [0.25, 0.3) is 0 Å². The van der Waals surface area contributed by atoms with Gasteiger partial charge in [0.1, 0.15) is 15.6 Å². The molecule has 8 heteroatoms. The molecule has 0 bridgehead atoms. The molecule has 112 valence electrons. The molecule has 3 N–H and O–H groups in total. The summed E-state index contributed by atoms with van der Waals surface area (Å²) in [5.41, 5.74) is 5.17. The lowest BCUT2D eigenvalue weighted by Crippen LogP contribution is -2.36. The second-order valence-corrected chi connectivity index (χ2v) is 7.39. The molecule has 0 unspecified atom stereocenters. The molecule has 0 radical (unpaired) electrons. The number of carbonyl (C=O) groups excluding carboxylic acids is 2. The van der Waals surface area contributed by atoms with Crippen molar-refractivity contribution in [1.29, 1.82) is 0 Å². The second kappa shape index (κ2) is 5.08. The van der Waals surface area contributed by atoms with Gasteiger partial charge in [-0.15, -0.1) is 11.3 Å². The van der Waals surface area contributed by atoms with Crippen LogP contribution < -0.4 is 10.5 Å². The minimum absolute atomic E-state index is 0.0342. The number of nitrogens with two attached hydrogens (primary N) is 1. The molecular formula is C14H10N2O4S2. The summed E-state index contributed by atoms with van der Waals surface area (Å²) in [6.45, 7) is 0. The monoisotopic (exact) mass is 334 g/mol. The predicted molar refractivity (Wildman–Crippen MR) is 81.0 cm³/mol. The van der Waals surface area contributed by atoms with E-state index in [4.69, 9.17) is 5.73 Å². The van der Waals surface area contributed by atoms with Gasteiger partial charge >= 0.3 is 0 Å². The van der Waals surface area contributed by atoms with Crippen LogP contribution >= 0.6 is 11.3 Å². The highest BCUT2D eigenvalue weighted by Gasteiger charge is 2.33. The van der Waals surface area contributed by atoms with Crippen molar-refractivity contribution < 1.29 is 18.0 Å². The number of thiophene rings is 1. The Morgan fingerprint density at radius 3 is 2.18 bits per heavy atom. The zero-order valence-electron chi connectivity index (χ0n) is 11.1. The van der Waals surface area contributed by atoms with E-state index in [-0.39, 0.29) is 15.3 Å². The maximum absolute atomic E-state index is 12.4. The van der Waals surface area contributed by atoms with Gasteiger partial charge in [-0.05, 0) is 11.4 Å². The van der Waals surface area contributed by atoms with Crippen LogP contribution in [0, 0.1) is 0 Å². The smallest absolute Gasteiger partial charge is 0.271 e. The van der Waals surface area contributed by atoms with Crippen molar-refractivity contribution >= 4 is 32.9 Å². The van der Waals surface area contributed by atoms with Crippen LogP contribution in [0.2, 0.25) is 0 Å². The highest BCUT2D eigenvalue weighted by molar-refractivity contribution is 7.91. The van der Waals surface area contributed by atoms with E-state index < -0.39 is 33.0 Å². The third kappa shape index (κ3) is 2.22. The van der Waals surface area contributed by atoms with E-state index in [2.05, 4.69) is 4.72 Å². The molecule has 0 atom stereocenters. The number of Topliss-reactive ketones (excluding diaryl/α,β-unsaturated/α-hetero) is 2. The fourth-order valence-corrected chi connectivity index (χ4v) is 4.17. The van der Waals surface area contributed by atoms with Gasteiger partial charge in [-0.25, -0.2) is 8.42 Å². The van der Waals surface area contributed by atoms with Crippen LogP contribution in [0.3, 0.4) is 0 Å². The van der Waals surface area contributed by atoms with Gasteiger partial charge in [0.15, 0.2) is 0 Å². The quantitative estimate of drug-likeness (QED) is 0.879. The van der Waals surface area contributed by atoms with Gasteiger partial charge < -0.3 is 5.73 Å². The molecule has 22 heavy (non-hydrogen) atoms. The first-order valence-electron chi connectivity index (χ1n) is 6.16. The van der Waals surface area contributed by atoms with E-state index in [9.17, 15) is 18.0 Å². The topological polar surface area (TPSA) is 106 Å². The Bertz CT molecular complexity index is 912. The predicted octanol–water partition coefficient (Wildman–Crippen LogP) is 1.28. The number of nitrogens with one attached hydrogen (secondary N) is 1. The number of hydrogen-bond acceptors (Lipinski definition) is 6. The van der Waals surface area contributed by atoms with Crippen LogP contribution in [0.5, 0.6) is 0 Å². The average Bonchev–Trinajstić information content (AvgIpc) is 3.05. The number of allylic oxidation sites excluding steroid dienone is 2. The van der Waals surface area contributed by atoms with E-state index >= 15 is 0 Å². The molecule has 1 aromatic carbocycles. The summed E-state index contributed by atoms with van der Waals surface area (Å²) in [6, 6.07) is 9.11. The van der Waals surface area contributed by atoms with E-state index in [1.807, 2.05) is 0 Å². The molecule has 1 aliphatic rings. The highest BCUT2D eigenvalue weighted by Crippen LogP contribution is 2.24. The van der Waals surface area contributed by atoms with E-state index in [1.165, 1.54) is 18.2 Å². The molecule has 0 amide bonds. The van der Waals surface area contributed by atoms with Crippen molar-refractivity contribution in [2.45, 2.75) is 4.21 Å². The first kappa shape index (κ1) is 14.5. The first-order valence-corrected chi connectivity index (χ1v) is 8.52. The third-order valence-electron chi connectivity index (χ3n) is 3.15. The SMILES string of the molecule is NC1=C(NS(=O)(=O)c2cccs2)C(=O)c2ccccc2C1=O. The van der Waals surface area contributed by atoms with Gasteiger partial charge in [-0.3, -0.25) is 14.3 Å². The lowest BCUT2D eigenvalue weighted by Gasteiger charge is -2.19. The van der Waals surface area contributed by atoms with Crippen LogP contribution in [0.4, 0.5) is 0 Å². The van der Waals surface area contributed by atoms with Crippen molar-refractivity contribution in [2.24, 2.45) is 5.73 Å². The van der Waals surface area contributed by atoms with Gasteiger partial charge in [-0.2, -0.15) is 0 Å². The summed E-state index contributed by atoms with van der Waals surface area (Å²) in [6.07, 6.45) is 0. The molecule has 1 aromatic heterocycles. The molecule has 1 aliphatic carbocycles. The number of carbonyl (C=O) groups is 2. The molecule has 0 fully saturated rings. The Labute approximate surface area is 130 Å². The van der Waals surface area contributed by atoms with Crippen molar-refractivity contribution in [3.05, 3.63) is 64.3 Å². The number of rotatable bonds is 3. The molecule has 0 saturated carbocycles. The van der Waals surface area contributed by atoms with Crippen LogP contribution in [0.15, 0.2) is 57.4 Å². The minimum atomic E-state index is -3.95. The lowest BCUT2D eigenvalue weighted by molar-refractivity contribution is 0.0970. The van der Waals surface area contributed by atoms with Gasteiger partial charge in [0.25, 0.3) is 10.0 Å². The van der Waals surface area contributed by atoms with Crippen LogP contribution in [-0.2, 0) is 10.0 Å². The fraction of sp³-hybridized carbons (Fsp3) is 0. The van der Waals surface area contributed by atoms with E-state index in [0.717, 1.165) is 11.3 Å². The Morgan fingerprint density at radius 2 is 1.59 bits per heavy atom. The summed E-state index contributed by atoms with van der Waals surface area (Å²) >= 11 is 0.997. The Kier molecular flexibility index (Phi) is 3.34. The van der Waals surface area contributed by atoms with Crippen molar-refractivity contribution in [3.8, 4) is 0 Å². The standard InChI is InChI=1S/C14H10N2O4S2/c15-11-12(16-22(19,20)10-6-3-7-21-10)14(18)9-5-2-1-4-8(9)13(11)17/h1-7,16H,15H2. The molecular weight excluding hydrogens is 324 g/mol. The molecule has 2 aromatic rings. The largest absolute Gasteiger partial charge is 0.394 e. The number of ketones is 2. The van der Waals surface area contributed by atoms with Gasteiger partial charge in [-0.1, -0.05) is 30.3 Å². The molecule has 0 aliphatic heterocycles. The maximum Gasteiger partial charge on any atom is 0.271 e. The number of sulfonamides is 1. The third-order valence-corrected chi connectivity index (χ3v) is 5.90. The Balaban J connectivity index is 2.07. The van der Waals surface area contributed by atoms with E-state index in [1.54, 1.807) is 23.6 Å². The van der Waals surface area contributed by atoms with Crippen LogP contribution in [-0.4, -0.2) is 20.0 Å². The Morgan fingerprint density at radius 1 is 0.955 bits per heavy atom. The summed E-state index contributed by atoms with van der Waals surface area (Å²) in [5, 5.41) is 1.59. The van der Waals surface area contributed by atoms with Gasteiger partial charge in [0.2, 0.25) is 11.6 Å². The van der Waals surface area contributed by atoms with Crippen molar-refractivity contribution in [1.82, 2.24) is 4.72 Å². The maximum atomic E-state index is 12.4. The van der Waals surface area contributed by atoms with Crippen molar-refractivity contribution in [3.63, 3.8) is 0 Å².